The van der Waals surface area contributed by atoms with Crippen molar-refractivity contribution in [2.24, 2.45) is 0 Å². The van der Waals surface area contributed by atoms with Gasteiger partial charge in [0.25, 0.3) is 0 Å². The lowest BCUT2D eigenvalue weighted by molar-refractivity contribution is 0.124. The molecule has 3 aromatic rings. The van der Waals surface area contributed by atoms with E-state index >= 15 is 0 Å². The van der Waals surface area contributed by atoms with Crippen molar-refractivity contribution < 1.29 is 9.84 Å². The van der Waals surface area contributed by atoms with Crippen molar-refractivity contribution in [3.8, 4) is 5.75 Å². The number of benzene rings is 3. The highest BCUT2D eigenvalue weighted by molar-refractivity contribution is 5.79. The highest BCUT2D eigenvalue weighted by atomic mass is 16.5. The fourth-order valence-electron chi connectivity index (χ4n) is 4.24. The summed E-state index contributed by atoms with van der Waals surface area (Å²) in [5.41, 5.74) is 3.35. The summed E-state index contributed by atoms with van der Waals surface area (Å²) in [7, 11) is 6.22. The molecule has 0 saturated heterocycles. The summed E-state index contributed by atoms with van der Waals surface area (Å²) >= 11 is 0. The van der Waals surface area contributed by atoms with Crippen LogP contribution in [0.25, 0.3) is 0 Å². The van der Waals surface area contributed by atoms with Crippen LogP contribution in [0, 0.1) is 0 Å². The topological polar surface area (TPSA) is 35.9 Å². The minimum absolute atomic E-state index is 0.669. The van der Waals surface area contributed by atoms with Crippen molar-refractivity contribution in [1.29, 1.82) is 0 Å². The second kappa shape index (κ2) is 8.50. The van der Waals surface area contributed by atoms with E-state index < -0.39 is 5.60 Å². The number of anilines is 2. The maximum Gasteiger partial charge on any atom is 0.144 e. The van der Waals surface area contributed by atoms with Gasteiger partial charge < -0.3 is 19.6 Å². The Morgan fingerprint density at radius 2 is 1.57 bits per heavy atom. The average Bonchev–Trinajstić information content (AvgIpc) is 2.77. The van der Waals surface area contributed by atoms with Crippen molar-refractivity contribution in [2.75, 3.05) is 39.2 Å². The van der Waals surface area contributed by atoms with Gasteiger partial charge in [0.15, 0.2) is 0 Å². The third-order valence-electron chi connectivity index (χ3n) is 5.83. The molecule has 0 spiro atoms. The van der Waals surface area contributed by atoms with E-state index in [0.717, 1.165) is 53.2 Å². The number of aliphatic hydroxyl groups is 1. The maximum atomic E-state index is 12.2. The fraction of sp³-hybridized carbons (Fsp3) is 0.308. The third-order valence-corrected chi connectivity index (χ3v) is 5.83. The van der Waals surface area contributed by atoms with Crippen molar-refractivity contribution in [3.05, 3.63) is 89.5 Å². The summed E-state index contributed by atoms with van der Waals surface area (Å²) in [6.07, 6.45) is 2.10. The van der Waals surface area contributed by atoms with Crippen LogP contribution in [-0.2, 0) is 5.60 Å². The van der Waals surface area contributed by atoms with Crippen molar-refractivity contribution in [1.82, 2.24) is 4.90 Å². The highest BCUT2D eigenvalue weighted by Gasteiger charge is 2.42. The molecular formula is C26H30N2O2. The van der Waals surface area contributed by atoms with Gasteiger partial charge in [0.1, 0.15) is 11.4 Å². The minimum atomic E-state index is -1.23. The van der Waals surface area contributed by atoms with Gasteiger partial charge in [-0.3, -0.25) is 0 Å². The number of hydrogen-bond acceptors (Lipinski definition) is 4. The molecule has 0 amide bonds. The fourth-order valence-corrected chi connectivity index (χ4v) is 4.24. The second-order valence-electron chi connectivity index (χ2n) is 8.19. The molecule has 4 heteroatoms. The molecule has 0 radical (unpaired) electrons. The van der Waals surface area contributed by atoms with Crippen LogP contribution < -0.4 is 9.64 Å². The van der Waals surface area contributed by atoms with E-state index in [1.165, 1.54) is 0 Å². The Labute approximate surface area is 179 Å². The number of nitrogens with zero attached hydrogens (tertiary/aromatic N) is 2. The molecule has 1 atom stereocenters. The summed E-state index contributed by atoms with van der Waals surface area (Å²) in [5, 5.41) is 12.2. The summed E-state index contributed by atoms with van der Waals surface area (Å²) in [6, 6.07) is 24.0. The van der Waals surface area contributed by atoms with E-state index in [9.17, 15) is 5.11 Å². The molecule has 0 bridgehead atoms. The first-order valence-electron chi connectivity index (χ1n) is 10.5. The van der Waals surface area contributed by atoms with Crippen LogP contribution in [0.3, 0.4) is 0 Å². The molecule has 1 unspecified atom stereocenters. The molecule has 4 nitrogen and oxygen atoms in total. The molecule has 3 aromatic carbocycles. The summed E-state index contributed by atoms with van der Waals surface area (Å²) in [4.78, 5) is 4.33. The maximum absolute atomic E-state index is 12.2. The van der Waals surface area contributed by atoms with E-state index in [1.807, 2.05) is 73.8 Å². The number of unbranched alkanes of at least 4 members (excludes halogenated alkanes) is 1. The van der Waals surface area contributed by atoms with E-state index in [4.69, 9.17) is 4.74 Å². The Balaban J connectivity index is 1.71. The van der Waals surface area contributed by atoms with Gasteiger partial charge in [-0.25, -0.2) is 0 Å². The molecule has 0 aromatic heterocycles. The summed E-state index contributed by atoms with van der Waals surface area (Å²) in [6.45, 7) is 1.73. The standard InChI is InChI=1S/C26H30N2O2/c1-27(2)17-9-10-18-30-21-15-16-25-23(19-21)26(29,20-11-5-4-6-12-20)22-13-7-8-14-24(22)28(25)3/h4-8,11-16,19,29H,9-10,17-18H2,1-3H3. The van der Waals surface area contributed by atoms with E-state index in [0.29, 0.717) is 6.61 Å². The summed E-state index contributed by atoms with van der Waals surface area (Å²) in [5.74, 6) is 0.792. The minimum Gasteiger partial charge on any atom is -0.494 e. The van der Waals surface area contributed by atoms with Gasteiger partial charge in [0, 0.05) is 29.5 Å². The lowest BCUT2D eigenvalue weighted by Crippen LogP contribution is -2.36. The largest absolute Gasteiger partial charge is 0.494 e. The molecular weight excluding hydrogens is 372 g/mol. The number of rotatable bonds is 7. The Kier molecular flexibility index (Phi) is 5.80. The van der Waals surface area contributed by atoms with Crippen molar-refractivity contribution in [2.45, 2.75) is 18.4 Å². The predicted molar refractivity (Wildman–Crippen MR) is 123 cm³/mol. The Morgan fingerprint density at radius 1 is 0.867 bits per heavy atom. The molecule has 1 aliphatic rings. The molecule has 1 heterocycles. The van der Waals surface area contributed by atoms with Gasteiger partial charge in [0.05, 0.1) is 6.61 Å². The first-order chi connectivity index (χ1) is 14.5. The zero-order valence-electron chi connectivity index (χ0n) is 18.0. The van der Waals surface area contributed by atoms with Crippen LogP contribution in [0.15, 0.2) is 72.8 Å². The van der Waals surface area contributed by atoms with Gasteiger partial charge in [0.2, 0.25) is 0 Å². The van der Waals surface area contributed by atoms with Crippen molar-refractivity contribution in [3.63, 3.8) is 0 Å². The highest BCUT2D eigenvalue weighted by Crippen LogP contribution is 2.51. The third kappa shape index (κ3) is 3.69. The van der Waals surface area contributed by atoms with Gasteiger partial charge in [-0.15, -0.1) is 0 Å². The van der Waals surface area contributed by atoms with Gasteiger partial charge in [-0.2, -0.15) is 0 Å². The van der Waals surface area contributed by atoms with Crippen LogP contribution in [0.2, 0.25) is 0 Å². The summed E-state index contributed by atoms with van der Waals surface area (Å²) < 4.78 is 6.06. The van der Waals surface area contributed by atoms with E-state index in [2.05, 4.69) is 30.0 Å². The molecule has 0 fully saturated rings. The first kappa shape index (κ1) is 20.5. The quantitative estimate of drug-likeness (QED) is 0.578. The van der Waals surface area contributed by atoms with Crippen LogP contribution in [0.1, 0.15) is 29.5 Å². The van der Waals surface area contributed by atoms with Gasteiger partial charge >= 0.3 is 0 Å². The Bertz CT molecular complexity index is 1000. The smallest absolute Gasteiger partial charge is 0.144 e. The molecule has 0 saturated carbocycles. The number of ether oxygens (including phenoxy) is 1. The van der Waals surface area contributed by atoms with E-state index in [-0.39, 0.29) is 0 Å². The first-order valence-corrected chi connectivity index (χ1v) is 10.5. The van der Waals surface area contributed by atoms with Crippen LogP contribution >= 0.6 is 0 Å². The van der Waals surface area contributed by atoms with Crippen LogP contribution in [0.5, 0.6) is 5.75 Å². The zero-order valence-corrected chi connectivity index (χ0v) is 18.0. The van der Waals surface area contributed by atoms with Crippen LogP contribution in [-0.4, -0.2) is 44.3 Å². The normalized spacial score (nSPS) is 17.6. The number of fused-ring (bicyclic) bond motifs is 2. The average molecular weight is 403 g/mol. The monoisotopic (exact) mass is 402 g/mol. The van der Waals surface area contributed by atoms with Gasteiger partial charge in [-0.1, -0.05) is 48.5 Å². The predicted octanol–water partition coefficient (Wildman–Crippen LogP) is 4.77. The second-order valence-corrected chi connectivity index (χ2v) is 8.19. The number of para-hydroxylation sites is 1. The zero-order chi connectivity index (χ0) is 21.1. The molecule has 1 aliphatic heterocycles. The lowest BCUT2D eigenvalue weighted by Gasteiger charge is -2.41. The van der Waals surface area contributed by atoms with Crippen LogP contribution in [0.4, 0.5) is 11.4 Å². The molecule has 0 aliphatic carbocycles. The molecule has 30 heavy (non-hydrogen) atoms. The van der Waals surface area contributed by atoms with Gasteiger partial charge in [-0.05, 0) is 63.3 Å². The molecule has 1 N–H and O–H groups in total. The lowest BCUT2D eigenvalue weighted by atomic mass is 9.76. The SMILES string of the molecule is CN(C)CCCCOc1ccc2c(c1)C(O)(c1ccccc1)c1ccccc1N2C. The molecule has 4 rings (SSSR count). The Morgan fingerprint density at radius 3 is 2.33 bits per heavy atom. The van der Waals surface area contributed by atoms with Crippen molar-refractivity contribution >= 4 is 11.4 Å². The Hall–Kier alpha value is -2.82. The number of hydrogen-bond donors (Lipinski definition) is 1. The molecule has 156 valence electrons. The van der Waals surface area contributed by atoms with E-state index in [1.54, 1.807) is 0 Å².